The molecule has 0 N–H and O–H groups in total. The summed E-state index contributed by atoms with van der Waals surface area (Å²) in [6, 6.07) is 67.5. The maximum absolute atomic E-state index is 7.14. The summed E-state index contributed by atoms with van der Waals surface area (Å²) in [4.78, 5) is 15.1. The van der Waals surface area contributed by atoms with Gasteiger partial charge in [0, 0.05) is 38.4 Å². The number of aromatic nitrogens is 4. The highest BCUT2D eigenvalue weighted by Gasteiger charge is 2.22. The van der Waals surface area contributed by atoms with Gasteiger partial charge in [-0.3, -0.25) is 0 Å². The van der Waals surface area contributed by atoms with Crippen LogP contribution in [0, 0.1) is 0 Å². The van der Waals surface area contributed by atoms with Crippen LogP contribution >= 0.6 is 0 Å². The summed E-state index contributed by atoms with van der Waals surface area (Å²) >= 11 is 0. The average Bonchev–Trinajstić information content (AvgIpc) is 3.84. The number of fused-ring (bicyclic) bond motifs is 7. The van der Waals surface area contributed by atoms with Gasteiger partial charge in [-0.05, 0) is 58.7 Å². The smallest absolute Gasteiger partial charge is 0.167 e. The second kappa shape index (κ2) is 13.0. The molecule has 0 atom stereocenters. The van der Waals surface area contributed by atoms with E-state index >= 15 is 0 Å². The van der Waals surface area contributed by atoms with Crippen LogP contribution in [0.2, 0.25) is 0 Å². The van der Waals surface area contributed by atoms with E-state index in [0.29, 0.717) is 17.5 Å². The first-order valence-corrected chi connectivity index (χ1v) is 18.8. The van der Waals surface area contributed by atoms with E-state index < -0.39 is 0 Å². The molecule has 0 radical (unpaired) electrons. The highest BCUT2D eigenvalue weighted by molar-refractivity contribution is 6.22. The first-order chi connectivity index (χ1) is 27.8. The van der Waals surface area contributed by atoms with Crippen molar-refractivity contribution in [2.45, 2.75) is 0 Å². The van der Waals surface area contributed by atoms with Crippen LogP contribution in [0.4, 0.5) is 0 Å². The van der Waals surface area contributed by atoms with E-state index in [-0.39, 0.29) is 0 Å². The number of rotatable bonds is 6. The van der Waals surface area contributed by atoms with Gasteiger partial charge in [0.25, 0.3) is 0 Å². The Hall–Kier alpha value is -7.63. The molecule has 0 unspecified atom stereocenters. The highest BCUT2D eigenvalue weighted by atomic mass is 16.3. The van der Waals surface area contributed by atoms with Gasteiger partial charge in [-0.1, -0.05) is 158 Å². The lowest BCUT2D eigenvalue weighted by atomic mass is 9.98. The van der Waals surface area contributed by atoms with Crippen LogP contribution in [0.3, 0.4) is 0 Å². The minimum atomic E-state index is 0.558. The Morgan fingerprint density at radius 1 is 0.339 bits per heavy atom. The average molecular weight is 717 g/mol. The Kier molecular flexibility index (Phi) is 7.42. The van der Waals surface area contributed by atoms with E-state index in [1.165, 1.54) is 0 Å². The van der Waals surface area contributed by atoms with E-state index in [2.05, 4.69) is 132 Å². The van der Waals surface area contributed by atoms with E-state index in [1.807, 2.05) is 66.7 Å². The number of nitrogens with zero attached hydrogens (tertiary/aromatic N) is 4. The Morgan fingerprint density at radius 3 is 1.43 bits per heavy atom. The molecule has 0 saturated heterocycles. The third-order valence-electron chi connectivity index (χ3n) is 10.6. The van der Waals surface area contributed by atoms with Crippen molar-refractivity contribution in [2.24, 2.45) is 0 Å². The van der Waals surface area contributed by atoms with Crippen molar-refractivity contribution in [1.29, 1.82) is 0 Å². The van der Waals surface area contributed by atoms with Gasteiger partial charge in [-0.15, -0.1) is 0 Å². The summed E-state index contributed by atoms with van der Waals surface area (Å²) in [6.45, 7) is 0. The summed E-state index contributed by atoms with van der Waals surface area (Å²) in [5.41, 5.74) is 12.0. The monoisotopic (exact) mass is 716 g/mol. The number of para-hydroxylation sites is 2. The minimum absolute atomic E-state index is 0.558. The predicted molar refractivity (Wildman–Crippen MR) is 229 cm³/mol. The molecule has 5 nitrogen and oxygen atoms in total. The lowest BCUT2D eigenvalue weighted by Crippen LogP contribution is -2.00. The van der Waals surface area contributed by atoms with E-state index in [4.69, 9.17) is 19.4 Å². The molecular formula is C51H32N4O. The zero-order valence-corrected chi connectivity index (χ0v) is 30.2. The third-order valence-corrected chi connectivity index (χ3v) is 10.6. The van der Waals surface area contributed by atoms with Crippen molar-refractivity contribution in [3.63, 3.8) is 0 Å². The first-order valence-electron chi connectivity index (χ1n) is 18.8. The molecule has 0 aliphatic rings. The number of hydrogen-bond donors (Lipinski definition) is 0. The Labute approximate surface area is 322 Å². The van der Waals surface area contributed by atoms with E-state index in [1.54, 1.807) is 0 Å². The summed E-state index contributed by atoms with van der Waals surface area (Å²) < 4.78 is 9.52. The standard InChI is InChI=1S/C51H32N4O/c1-5-16-33(17-6-1)37-30-38(34-18-7-2-8-19-34)32-39(31-37)55-45-27-14-13-24-40(45)41-28-29-43-42-25-15-26-44(47(42)56-48(43)46(41)55)51-53-49(35-20-9-3-10-21-35)52-50(54-51)36-22-11-4-12-23-36/h1-32H. The molecule has 56 heavy (non-hydrogen) atoms. The van der Waals surface area contributed by atoms with Gasteiger partial charge >= 0.3 is 0 Å². The SMILES string of the molecule is c1ccc(-c2cc(-c3ccccc3)cc(-n3c4ccccc4c4ccc5c6cccc(-c7nc(-c8ccccc8)nc(-c8ccccc8)n7)c6oc5c43)c2)cc1. The molecular weight excluding hydrogens is 685 g/mol. The first kappa shape index (κ1) is 31.9. The van der Waals surface area contributed by atoms with Gasteiger partial charge in [0.15, 0.2) is 23.1 Å². The predicted octanol–water partition coefficient (Wildman–Crippen LogP) is 13.2. The molecule has 0 aliphatic heterocycles. The number of benzene rings is 8. The molecule has 3 heterocycles. The summed E-state index contributed by atoms with van der Waals surface area (Å²) in [5, 5.41) is 4.32. The van der Waals surface area contributed by atoms with Gasteiger partial charge < -0.3 is 8.98 Å². The summed E-state index contributed by atoms with van der Waals surface area (Å²) in [5.74, 6) is 1.78. The largest absolute Gasteiger partial charge is 0.453 e. The van der Waals surface area contributed by atoms with Crippen molar-refractivity contribution in [3.8, 4) is 62.1 Å². The molecule has 262 valence electrons. The molecule has 11 rings (SSSR count). The van der Waals surface area contributed by atoms with Crippen LogP contribution in [0.15, 0.2) is 199 Å². The number of furan rings is 1. The van der Waals surface area contributed by atoms with E-state index in [0.717, 1.165) is 88.4 Å². The van der Waals surface area contributed by atoms with E-state index in [9.17, 15) is 0 Å². The van der Waals surface area contributed by atoms with Gasteiger partial charge in [0.2, 0.25) is 0 Å². The maximum Gasteiger partial charge on any atom is 0.167 e. The second-order valence-corrected chi connectivity index (χ2v) is 14.0. The van der Waals surface area contributed by atoms with Crippen molar-refractivity contribution < 1.29 is 4.42 Å². The van der Waals surface area contributed by atoms with Crippen LogP contribution < -0.4 is 0 Å². The van der Waals surface area contributed by atoms with Crippen LogP contribution in [-0.4, -0.2) is 19.5 Å². The van der Waals surface area contributed by atoms with Crippen molar-refractivity contribution in [2.75, 3.05) is 0 Å². The fourth-order valence-electron chi connectivity index (χ4n) is 8.01. The fourth-order valence-corrected chi connectivity index (χ4v) is 8.01. The van der Waals surface area contributed by atoms with Gasteiger partial charge in [-0.2, -0.15) is 0 Å². The van der Waals surface area contributed by atoms with Crippen LogP contribution in [0.25, 0.3) is 106 Å². The second-order valence-electron chi connectivity index (χ2n) is 14.0. The van der Waals surface area contributed by atoms with Crippen LogP contribution in [0.1, 0.15) is 0 Å². The summed E-state index contributed by atoms with van der Waals surface area (Å²) in [6.07, 6.45) is 0. The Morgan fingerprint density at radius 2 is 0.821 bits per heavy atom. The highest BCUT2D eigenvalue weighted by Crippen LogP contribution is 2.43. The van der Waals surface area contributed by atoms with Crippen LogP contribution in [0.5, 0.6) is 0 Å². The molecule has 5 heteroatoms. The normalized spacial score (nSPS) is 11.6. The molecule has 0 fully saturated rings. The molecule has 11 aromatic rings. The quantitative estimate of drug-likeness (QED) is 0.172. The topological polar surface area (TPSA) is 56.7 Å². The molecule has 0 bridgehead atoms. The third kappa shape index (κ3) is 5.29. The molecule has 0 saturated carbocycles. The number of hydrogen-bond acceptors (Lipinski definition) is 4. The van der Waals surface area contributed by atoms with Crippen molar-refractivity contribution in [3.05, 3.63) is 194 Å². The maximum atomic E-state index is 7.14. The molecule has 8 aromatic carbocycles. The lowest BCUT2D eigenvalue weighted by Gasteiger charge is -2.14. The molecule has 0 spiro atoms. The van der Waals surface area contributed by atoms with Crippen molar-refractivity contribution >= 4 is 43.7 Å². The van der Waals surface area contributed by atoms with Gasteiger partial charge in [-0.25, -0.2) is 15.0 Å². The Balaban J connectivity index is 1.19. The zero-order valence-electron chi connectivity index (χ0n) is 30.2. The molecule has 3 aromatic heterocycles. The van der Waals surface area contributed by atoms with Crippen LogP contribution in [-0.2, 0) is 0 Å². The molecule has 0 aliphatic carbocycles. The summed E-state index contributed by atoms with van der Waals surface area (Å²) in [7, 11) is 0. The Bertz CT molecular complexity index is 3110. The fraction of sp³-hybridized carbons (Fsp3) is 0. The minimum Gasteiger partial charge on any atom is -0.453 e. The molecule has 0 amide bonds. The lowest BCUT2D eigenvalue weighted by molar-refractivity contribution is 0.671. The zero-order chi connectivity index (χ0) is 37.0. The van der Waals surface area contributed by atoms with Gasteiger partial charge in [0.1, 0.15) is 5.58 Å². The van der Waals surface area contributed by atoms with Crippen molar-refractivity contribution in [1.82, 2.24) is 19.5 Å². The van der Waals surface area contributed by atoms with Gasteiger partial charge in [0.05, 0.1) is 16.6 Å².